The first-order valence-corrected chi connectivity index (χ1v) is 8.88. The number of Topliss-reactive ketones (excluding diaryl/α,β-unsaturated/α-hetero) is 1. The third kappa shape index (κ3) is 3.09. The van der Waals surface area contributed by atoms with E-state index in [-0.39, 0.29) is 17.4 Å². The number of furan rings is 1. The average Bonchev–Trinajstić information content (AvgIpc) is 3.27. The molecule has 0 saturated carbocycles. The number of carbonyl (C=O) groups excluding carboxylic acids is 1. The van der Waals surface area contributed by atoms with Crippen LogP contribution in [-0.4, -0.2) is 16.7 Å². The van der Waals surface area contributed by atoms with Gasteiger partial charge in [0.1, 0.15) is 17.3 Å². The van der Waals surface area contributed by atoms with Gasteiger partial charge in [0.15, 0.2) is 5.84 Å². The molecule has 2 aromatic carbocycles. The Bertz CT molecular complexity index is 1120. The topological polar surface area (TPSA) is 115 Å². The van der Waals surface area contributed by atoms with Crippen LogP contribution in [0.5, 0.6) is 5.75 Å². The minimum Gasteiger partial charge on any atom is -0.507 e. The Balaban J connectivity index is 1.65. The van der Waals surface area contributed by atoms with Crippen molar-refractivity contribution in [2.75, 3.05) is 0 Å². The third-order valence-electron chi connectivity index (χ3n) is 4.17. The van der Waals surface area contributed by atoms with Crippen LogP contribution in [0, 0.1) is 0 Å². The molecule has 0 aliphatic carbocycles. The molecule has 0 bridgehead atoms. The van der Waals surface area contributed by atoms with Gasteiger partial charge in [-0.3, -0.25) is 4.79 Å². The number of carbonyl (C=O) groups is 1. The second-order valence-corrected chi connectivity index (χ2v) is 6.97. The van der Waals surface area contributed by atoms with Crippen LogP contribution in [0.15, 0.2) is 73.9 Å². The molecule has 1 aromatic heterocycles. The molecule has 27 heavy (non-hydrogen) atoms. The van der Waals surface area contributed by atoms with Gasteiger partial charge in [-0.25, -0.2) is 0 Å². The Morgan fingerprint density at radius 3 is 2.74 bits per heavy atom. The van der Waals surface area contributed by atoms with Crippen molar-refractivity contribution in [3.05, 3.63) is 76.4 Å². The van der Waals surface area contributed by atoms with Crippen LogP contribution in [0.2, 0.25) is 0 Å². The summed E-state index contributed by atoms with van der Waals surface area (Å²) in [6.45, 7) is 0. The first-order valence-electron chi connectivity index (χ1n) is 8.07. The van der Waals surface area contributed by atoms with Gasteiger partial charge in [0.05, 0.1) is 10.5 Å². The summed E-state index contributed by atoms with van der Waals surface area (Å²) in [6, 6.07) is 15.9. The van der Waals surface area contributed by atoms with E-state index in [0.717, 1.165) is 4.90 Å². The zero-order chi connectivity index (χ0) is 19.0. The lowest BCUT2D eigenvalue weighted by atomic mass is 10.1. The molecule has 0 atom stereocenters. The number of hydrogen-bond acceptors (Lipinski definition) is 6. The lowest BCUT2D eigenvalue weighted by Crippen LogP contribution is -2.15. The number of allylic oxidation sites excluding steroid dienone is 1. The summed E-state index contributed by atoms with van der Waals surface area (Å²) in [7, 11) is 0. The Labute approximate surface area is 159 Å². The van der Waals surface area contributed by atoms with E-state index in [2.05, 4.69) is 5.10 Å². The van der Waals surface area contributed by atoms with Crippen LogP contribution >= 0.6 is 11.8 Å². The molecular weight excluding hydrogens is 362 g/mol. The van der Waals surface area contributed by atoms with Crippen LogP contribution in [0.3, 0.4) is 0 Å². The highest BCUT2D eigenvalue weighted by Crippen LogP contribution is 2.41. The van der Waals surface area contributed by atoms with Crippen molar-refractivity contribution < 1.29 is 14.3 Å². The normalized spacial score (nSPS) is 15.3. The summed E-state index contributed by atoms with van der Waals surface area (Å²) in [6.07, 6.45) is 1.73. The van der Waals surface area contributed by atoms with Crippen molar-refractivity contribution in [1.29, 1.82) is 0 Å². The molecule has 0 saturated heterocycles. The van der Waals surface area contributed by atoms with Crippen LogP contribution < -0.4 is 11.6 Å². The number of ketones is 1. The van der Waals surface area contributed by atoms with Crippen LogP contribution in [0.25, 0.3) is 17.4 Å². The highest BCUT2D eigenvalue weighted by molar-refractivity contribution is 8.04. The number of benzene rings is 2. The monoisotopic (exact) mass is 377 g/mol. The number of amidine groups is 1. The lowest BCUT2D eigenvalue weighted by Gasteiger charge is -2.05. The van der Waals surface area contributed by atoms with Crippen molar-refractivity contribution >= 4 is 29.5 Å². The third-order valence-corrected chi connectivity index (χ3v) is 5.27. The molecule has 7 heteroatoms. The van der Waals surface area contributed by atoms with E-state index in [0.29, 0.717) is 33.1 Å². The first-order chi connectivity index (χ1) is 13.1. The molecule has 1 aliphatic heterocycles. The number of aromatic hydroxyl groups is 1. The van der Waals surface area contributed by atoms with Gasteiger partial charge in [0.25, 0.3) is 0 Å². The number of fused-ring (bicyclic) bond motifs is 1. The van der Waals surface area contributed by atoms with Gasteiger partial charge in [-0.05, 0) is 48.5 Å². The number of phenolic OH excluding ortho intramolecular Hbond substituents is 1. The number of nitrogens with two attached hydrogens (primary N) is 2. The van der Waals surface area contributed by atoms with Gasteiger partial charge in [0, 0.05) is 16.0 Å². The highest BCUT2D eigenvalue weighted by atomic mass is 32.2. The van der Waals surface area contributed by atoms with E-state index in [4.69, 9.17) is 16.0 Å². The molecule has 0 radical (unpaired) electrons. The van der Waals surface area contributed by atoms with Gasteiger partial charge >= 0.3 is 0 Å². The molecule has 0 spiro atoms. The van der Waals surface area contributed by atoms with Crippen LogP contribution in [-0.2, 0) is 0 Å². The average molecular weight is 377 g/mol. The summed E-state index contributed by atoms with van der Waals surface area (Å²) in [4.78, 5) is 14.0. The summed E-state index contributed by atoms with van der Waals surface area (Å²) in [5.41, 5.74) is 7.43. The minimum absolute atomic E-state index is 0.00704. The molecule has 0 fully saturated rings. The van der Waals surface area contributed by atoms with Crippen LogP contribution in [0.4, 0.5) is 0 Å². The van der Waals surface area contributed by atoms with Crippen molar-refractivity contribution in [1.82, 2.24) is 0 Å². The predicted molar refractivity (Wildman–Crippen MR) is 105 cm³/mol. The number of thioether (sulfide) groups is 1. The fourth-order valence-electron chi connectivity index (χ4n) is 2.81. The fourth-order valence-corrected chi connectivity index (χ4v) is 3.85. The largest absolute Gasteiger partial charge is 0.507 e. The smallest absolute Gasteiger partial charge is 0.200 e. The maximum Gasteiger partial charge on any atom is 0.200 e. The molecule has 1 aliphatic rings. The van der Waals surface area contributed by atoms with Crippen molar-refractivity contribution in [2.45, 2.75) is 4.90 Å². The number of rotatable bonds is 3. The maximum absolute atomic E-state index is 12.5. The maximum atomic E-state index is 12.5. The molecule has 6 nitrogen and oxygen atoms in total. The molecule has 3 aromatic rings. The van der Waals surface area contributed by atoms with Gasteiger partial charge in [0.2, 0.25) is 5.78 Å². The molecule has 4 rings (SSSR count). The van der Waals surface area contributed by atoms with Gasteiger partial charge < -0.3 is 21.1 Å². The Hall–Kier alpha value is -3.45. The molecular formula is C20H15N3O3S. The standard InChI is InChI=1S/C20H15N3O3S/c21-20(23-22)14-9-11(5-7-15(14)24)16-8-6-12(26-16)10-18-19(25)13-3-1-2-4-17(13)27-18/h1-10,24H,22H2,(H2,21,23). The second kappa shape index (κ2) is 6.69. The molecule has 0 unspecified atom stereocenters. The summed E-state index contributed by atoms with van der Waals surface area (Å²) >= 11 is 1.43. The van der Waals surface area contributed by atoms with E-state index in [9.17, 15) is 9.90 Å². The number of nitrogens with zero attached hydrogens (tertiary/aromatic N) is 1. The second-order valence-electron chi connectivity index (χ2n) is 5.88. The lowest BCUT2D eigenvalue weighted by molar-refractivity contribution is 0.104. The van der Waals surface area contributed by atoms with Gasteiger partial charge in [-0.2, -0.15) is 5.10 Å². The van der Waals surface area contributed by atoms with Crippen molar-refractivity contribution in [3.63, 3.8) is 0 Å². The summed E-state index contributed by atoms with van der Waals surface area (Å²) < 4.78 is 5.85. The summed E-state index contributed by atoms with van der Waals surface area (Å²) in [5.74, 6) is 6.31. The Morgan fingerprint density at radius 1 is 1.15 bits per heavy atom. The first kappa shape index (κ1) is 17.0. The van der Waals surface area contributed by atoms with E-state index >= 15 is 0 Å². The Morgan fingerprint density at radius 2 is 1.96 bits per heavy atom. The van der Waals surface area contributed by atoms with Crippen LogP contribution in [0.1, 0.15) is 21.7 Å². The van der Waals surface area contributed by atoms with E-state index < -0.39 is 0 Å². The molecule has 0 amide bonds. The van der Waals surface area contributed by atoms with E-state index in [1.54, 1.807) is 30.3 Å². The van der Waals surface area contributed by atoms with E-state index in [1.165, 1.54) is 17.8 Å². The quantitative estimate of drug-likeness (QED) is 0.211. The Kier molecular flexibility index (Phi) is 4.21. The fraction of sp³-hybridized carbons (Fsp3) is 0. The van der Waals surface area contributed by atoms with Crippen molar-refractivity contribution in [3.8, 4) is 17.1 Å². The molecule has 2 heterocycles. The van der Waals surface area contributed by atoms with E-state index in [1.807, 2.05) is 24.3 Å². The number of hydrogen-bond donors (Lipinski definition) is 3. The SMILES string of the molecule is NN=C(N)c1cc(-c2ccc(C=C3Sc4ccccc4C3=O)o2)ccc1O. The molecule has 5 N–H and O–H groups in total. The van der Waals surface area contributed by atoms with Gasteiger partial charge in [-0.15, -0.1) is 0 Å². The van der Waals surface area contributed by atoms with Gasteiger partial charge in [-0.1, -0.05) is 23.9 Å². The predicted octanol–water partition coefficient (Wildman–Crippen LogP) is 3.56. The zero-order valence-electron chi connectivity index (χ0n) is 14.0. The number of phenols is 1. The number of hydrazone groups is 1. The molecule has 134 valence electrons. The zero-order valence-corrected chi connectivity index (χ0v) is 14.9. The summed E-state index contributed by atoms with van der Waals surface area (Å²) in [5, 5.41) is 13.3. The minimum atomic E-state index is -0.0231. The van der Waals surface area contributed by atoms with Crippen molar-refractivity contribution in [2.24, 2.45) is 16.7 Å². The highest BCUT2D eigenvalue weighted by Gasteiger charge is 2.25.